The summed E-state index contributed by atoms with van der Waals surface area (Å²) >= 11 is 9.91. The standard InChI is InChI=1S/C23H21BrNO2PS/c1-16(26)21-15-27-22-13-12-17(24)14-20(22)23(21)25-28(29,18-8-4-2-5-9-18)19-10-6-3-7-11-19/h2-14,21,23H,15H2,1H3,(H,25,29)/t21-,23-/m1/s1. The Bertz CT molecular complexity index is 1030. The smallest absolute Gasteiger partial charge is 0.138 e. The summed E-state index contributed by atoms with van der Waals surface area (Å²) in [5.41, 5.74) is 0.965. The maximum Gasteiger partial charge on any atom is 0.138 e. The lowest BCUT2D eigenvalue weighted by molar-refractivity contribution is -0.123. The fourth-order valence-electron chi connectivity index (χ4n) is 3.67. The van der Waals surface area contributed by atoms with E-state index in [0.29, 0.717) is 6.61 Å². The van der Waals surface area contributed by atoms with E-state index in [1.165, 1.54) is 0 Å². The first-order valence-electron chi connectivity index (χ1n) is 9.41. The second-order valence-electron chi connectivity index (χ2n) is 7.10. The van der Waals surface area contributed by atoms with E-state index in [9.17, 15) is 4.79 Å². The lowest BCUT2D eigenvalue weighted by atomic mass is 9.89. The van der Waals surface area contributed by atoms with E-state index < -0.39 is 6.19 Å². The van der Waals surface area contributed by atoms with Crippen LogP contribution >= 0.6 is 22.1 Å². The molecule has 148 valence electrons. The van der Waals surface area contributed by atoms with Gasteiger partial charge in [0.1, 0.15) is 11.5 Å². The highest BCUT2D eigenvalue weighted by Crippen LogP contribution is 2.47. The summed E-state index contributed by atoms with van der Waals surface area (Å²) in [5.74, 6) is 0.591. The van der Waals surface area contributed by atoms with Gasteiger partial charge in [-0.25, -0.2) is 0 Å². The number of ether oxygens (including phenoxy) is 1. The number of rotatable bonds is 5. The Kier molecular flexibility index (Phi) is 6.03. The Hall–Kier alpha value is -1.78. The van der Waals surface area contributed by atoms with Crippen molar-refractivity contribution in [2.24, 2.45) is 5.92 Å². The molecule has 1 N–H and O–H groups in total. The third kappa shape index (κ3) is 4.10. The molecule has 0 amide bonds. The first kappa shape index (κ1) is 20.5. The summed E-state index contributed by atoms with van der Waals surface area (Å²) in [6.45, 7) is 1.97. The average molecular weight is 486 g/mol. The van der Waals surface area contributed by atoms with Crippen LogP contribution < -0.4 is 20.4 Å². The van der Waals surface area contributed by atoms with Crippen molar-refractivity contribution in [1.82, 2.24) is 5.09 Å². The van der Waals surface area contributed by atoms with Crippen LogP contribution in [0.3, 0.4) is 0 Å². The maximum absolute atomic E-state index is 12.5. The minimum absolute atomic E-state index is 0.0933. The molecule has 0 spiro atoms. The molecule has 0 unspecified atom stereocenters. The molecule has 1 heterocycles. The fourth-order valence-corrected chi connectivity index (χ4v) is 7.61. The van der Waals surface area contributed by atoms with Crippen LogP contribution in [0.2, 0.25) is 0 Å². The Balaban J connectivity index is 1.86. The number of fused-ring (bicyclic) bond motifs is 1. The molecular formula is C23H21BrNO2PS. The highest BCUT2D eigenvalue weighted by molar-refractivity contribution is 9.10. The molecule has 0 aliphatic carbocycles. The van der Waals surface area contributed by atoms with Crippen LogP contribution in [0, 0.1) is 5.92 Å². The normalized spacial score (nSPS) is 18.6. The van der Waals surface area contributed by atoms with E-state index in [1.807, 2.05) is 54.6 Å². The second-order valence-corrected chi connectivity index (χ2v) is 12.2. The van der Waals surface area contributed by atoms with E-state index >= 15 is 0 Å². The molecule has 1 aliphatic heterocycles. The minimum atomic E-state index is -2.38. The van der Waals surface area contributed by atoms with E-state index in [1.54, 1.807) is 6.92 Å². The first-order valence-corrected chi connectivity index (χ1v) is 13.0. The van der Waals surface area contributed by atoms with Gasteiger partial charge in [0.2, 0.25) is 0 Å². The van der Waals surface area contributed by atoms with Crippen LogP contribution in [0.4, 0.5) is 0 Å². The molecule has 0 saturated heterocycles. The van der Waals surface area contributed by atoms with Gasteiger partial charge in [0.15, 0.2) is 0 Å². The molecule has 29 heavy (non-hydrogen) atoms. The summed E-state index contributed by atoms with van der Waals surface area (Å²) in [6, 6.07) is 26.0. The van der Waals surface area contributed by atoms with Gasteiger partial charge in [-0.3, -0.25) is 9.88 Å². The van der Waals surface area contributed by atoms with Crippen LogP contribution in [0.1, 0.15) is 18.5 Å². The number of halogens is 1. The zero-order valence-corrected chi connectivity index (χ0v) is 19.2. The van der Waals surface area contributed by atoms with Gasteiger partial charge >= 0.3 is 0 Å². The molecule has 6 heteroatoms. The monoisotopic (exact) mass is 485 g/mol. The van der Waals surface area contributed by atoms with Gasteiger partial charge in [-0.05, 0) is 25.1 Å². The fraction of sp³-hybridized carbons (Fsp3) is 0.174. The Morgan fingerprint density at radius 3 is 2.17 bits per heavy atom. The van der Waals surface area contributed by atoms with Crippen molar-refractivity contribution >= 4 is 50.3 Å². The SMILES string of the molecule is CC(=O)[C@H]1COc2ccc(Br)cc2[C@H]1NP(=S)(c1ccccc1)c1ccccc1. The van der Waals surface area contributed by atoms with Crippen molar-refractivity contribution in [3.05, 3.63) is 88.9 Å². The Morgan fingerprint density at radius 1 is 1.03 bits per heavy atom. The number of ketones is 1. The number of hydrogen-bond acceptors (Lipinski definition) is 3. The van der Waals surface area contributed by atoms with Crippen molar-refractivity contribution in [2.45, 2.75) is 13.0 Å². The number of nitrogens with one attached hydrogen (secondary N) is 1. The summed E-state index contributed by atoms with van der Waals surface area (Å²) < 4.78 is 6.85. The largest absolute Gasteiger partial charge is 0.492 e. The number of carbonyl (C=O) groups excluding carboxylic acids is 1. The van der Waals surface area contributed by atoms with Gasteiger partial charge in [0, 0.05) is 20.6 Å². The minimum Gasteiger partial charge on any atom is -0.492 e. The molecule has 3 aromatic rings. The van der Waals surface area contributed by atoms with E-state index in [0.717, 1.165) is 26.4 Å². The predicted molar refractivity (Wildman–Crippen MR) is 126 cm³/mol. The lowest BCUT2D eigenvalue weighted by Crippen LogP contribution is -2.41. The molecule has 1 aliphatic rings. The Labute approximate surface area is 184 Å². The molecule has 3 aromatic carbocycles. The van der Waals surface area contributed by atoms with Crippen LogP contribution in [0.25, 0.3) is 0 Å². The molecule has 0 bridgehead atoms. The third-order valence-corrected chi connectivity index (χ3v) is 9.98. The van der Waals surface area contributed by atoms with Gasteiger partial charge in [0.05, 0.1) is 24.8 Å². The molecule has 0 saturated carbocycles. The van der Waals surface area contributed by atoms with Gasteiger partial charge in [-0.1, -0.05) is 88.4 Å². The van der Waals surface area contributed by atoms with E-state index in [2.05, 4.69) is 45.3 Å². The van der Waals surface area contributed by atoms with Crippen LogP contribution in [-0.2, 0) is 16.6 Å². The molecule has 0 fully saturated rings. The quantitative estimate of drug-likeness (QED) is 0.530. The number of Topliss-reactive ketones (excluding diaryl/α,β-unsaturated/α-hetero) is 1. The van der Waals surface area contributed by atoms with E-state index in [-0.39, 0.29) is 17.7 Å². The van der Waals surface area contributed by atoms with Crippen molar-refractivity contribution in [3.63, 3.8) is 0 Å². The highest BCUT2D eigenvalue weighted by atomic mass is 79.9. The topological polar surface area (TPSA) is 38.3 Å². The van der Waals surface area contributed by atoms with Gasteiger partial charge < -0.3 is 4.74 Å². The van der Waals surface area contributed by atoms with Gasteiger partial charge in [0.25, 0.3) is 0 Å². The van der Waals surface area contributed by atoms with Gasteiger partial charge in [-0.2, -0.15) is 0 Å². The predicted octanol–water partition coefficient (Wildman–Crippen LogP) is 4.72. The van der Waals surface area contributed by atoms with Crippen molar-refractivity contribution in [2.75, 3.05) is 6.61 Å². The van der Waals surface area contributed by atoms with Crippen molar-refractivity contribution in [3.8, 4) is 5.75 Å². The zero-order chi connectivity index (χ0) is 20.4. The average Bonchev–Trinajstić information content (AvgIpc) is 2.75. The maximum atomic E-state index is 12.5. The van der Waals surface area contributed by atoms with Crippen molar-refractivity contribution < 1.29 is 9.53 Å². The zero-order valence-electron chi connectivity index (χ0n) is 15.9. The first-order chi connectivity index (χ1) is 14.0. The highest BCUT2D eigenvalue weighted by Gasteiger charge is 2.38. The summed E-state index contributed by atoms with van der Waals surface area (Å²) in [6.07, 6.45) is -2.38. The molecule has 4 rings (SSSR count). The van der Waals surface area contributed by atoms with Crippen molar-refractivity contribution in [1.29, 1.82) is 0 Å². The summed E-state index contributed by atoms with van der Waals surface area (Å²) in [4.78, 5) is 12.5. The van der Waals surface area contributed by atoms with E-state index in [4.69, 9.17) is 16.5 Å². The molecule has 3 nitrogen and oxygen atoms in total. The summed E-state index contributed by atoms with van der Waals surface area (Å²) in [5, 5.41) is 5.94. The molecular weight excluding hydrogens is 465 g/mol. The molecule has 2 atom stereocenters. The Morgan fingerprint density at radius 2 is 1.62 bits per heavy atom. The lowest BCUT2D eigenvalue weighted by Gasteiger charge is -2.37. The van der Waals surface area contributed by atoms with Crippen LogP contribution in [0.15, 0.2) is 83.3 Å². The van der Waals surface area contributed by atoms with Crippen LogP contribution in [0.5, 0.6) is 5.75 Å². The second kappa shape index (κ2) is 8.53. The number of hydrogen-bond donors (Lipinski definition) is 1. The number of carbonyl (C=O) groups is 1. The van der Waals surface area contributed by atoms with Crippen LogP contribution in [-0.4, -0.2) is 12.4 Å². The molecule has 0 aromatic heterocycles. The molecule has 0 radical (unpaired) electrons. The third-order valence-electron chi connectivity index (χ3n) is 5.21. The summed E-state index contributed by atoms with van der Waals surface area (Å²) in [7, 11) is 0. The van der Waals surface area contributed by atoms with Gasteiger partial charge in [-0.15, -0.1) is 0 Å². The number of benzene rings is 3.